The number of benzene rings is 1. The first-order valence-electron chi connectivity index (χ1n) is 5.90. The number of hydrogen-bond acceptors (Lipinski definition) is 3. The zero-order chi connectivity index (χ0) is 13.4. The van der Waals surface area contributed by atoms with Crippen LogP contribution in [0.3, 0.4) is 0 Å². The minimum Gasteiger partial charge on any atom is -0.493 e. The van der Waals surface area contributed by atoms with Crippen molar-refractivity contribution in [1.82, 2.24) is 0 Å². The molecule has 0 spiro atoms. The lowest BCUT2D eigenvalue weighted by molar-refractivity contribution is 0.298. The Morgan fingerprint density at radius 2 is 2.00 bits per heavy atom. The van der Waals surface area contributed by atoms with Crippen molar-refractivity contribution >= 4 is 11.6 Å². The SMILES string of the molecule is C=CCc1c(OCCCl)ccc(OC)c1OCC. The fourth-order valence-corrected chi connectivity index (χ4v) is 1.75. The number of hydrogen-bond donors (Lipinski definition) is 0. The third-order valence-electron chi connectivity index (χ3n) is 2.37. The Kier molecular flexibility index (Phi) is 6.44. The van der Waals surface area contributed by atoms with E-state index in [9.17, 15) is 0 Å². The van der Waals surface area contributed by atoms with Gasteiger partial charge in [0.1, 0.15) is 12.4 Å². The Balaban J connectivity index is 3.17. The number of halogens is 1. The quantitative estimate of drug-likeness (QED) is 0.535. The van der Waals surface area contributed by atoms with E-state index in [0.717, 1.165) is 11.3 Å². The maximum Gasteiger partial charge on any atom is 0.168 e. The normalized spacial score (nSPS) is 9.94. The molecule has 0 saturated heterocycles. The van der Waals surface area contributed by atoms with Gasteiger partial charge in [0.2, 0.25) is 0 Å². The van der Waals surface area contributed by atoms with Crippen molar-refractivity contribution < 1.29 is 14.2 Å². The summed E-state index contributed by atoms with van der Waals surface area (Å²) in [4.78, 5) is 0. The van der Waals surface area contributed by atoms with Gasteiger partial charge in [0, 0.05) is 5.56 Å². The summed E-state index contributed by atoms with van der Waals surface area (Å²) in [6.07, 6.45) is 2.47. The molecule has 0 aliphatic carbocycles. The summed E-state index contributed by atoms with van der Waals surface area (Å²) in [5, 5.41) is 0. The number of ether oxygens (including phenoxy) is 3. The first-order valence-corrected chi connectivity index (χ1v) is 6.44. The third kappa shape index (κ3) is 3.57. The van der Waals surface area contributed by atoms with Gasteiger partial charge in [-0.3, -0.25) is 0 Å². The predicted octanol–water partition coefficient (Wildman–Crippen LogP) is 3.44. The van der Waals surface area contributed by atoms with E-state index in [4.69, 9.17) is 25.8 Å². The number of methoxy groups -OCH3 is 1. The van der Waals surface area contributed by atoms with Crippen LogP contribution in [0.4, 0.5) is 0 Å². The highest BCUT2D eigenvalue weighted by Crippen LogP contribution is 2.38. The summed E-state index contributed by atoms with van der Waals surface area (Å²) >= 11 is 5.64. The van der Waals surface area contributed by atoms with Crippen molar-refractivity contribution in [2.75, 3.05) is 26.2 Å². The molecule has 0 fully saturated rings. The van der Waals surface area contributed by atoms with Crippen molar-refractivity contribution in [3.8, 4) is 17.2 Å². The van der Waals surface area contributed by atoms with Crippen LogP contribution < -0.4 is 14.2 Å². The van der Waals surface area contributed by atoms with Gasteiger partial charge in [0.25, 0.3) is 0 Å². The average molecular weight is 271 g/mol. The second-order valence-corrected chi connectivity index (χ2v) is 3.91. The summed E-state index contributed by atoms with van der Waals surface area (Å²) in [6.45, 7) is 6.72. The van der Waals surface area contributed by atoms with Gasteiger partial charge in [-0.15, -0.1) is 18.2 Å². The summed E-state index contributed by atoms with van der Waals surface area (Å²) < 4.78 is 16.6. The van der Waals surface area contributed by atoms with Crippen LogP contribution in [0.5, 0.6) is 17.2 Å². The average Bonchev–Trinajstić information content (AvgIpc) is 2.39. The largest absolute Gasteiger partial charge is 0.493 e. The van der Waals surface area contributed by atoms with Crippen molar-refractivity contribution in [2.45, 2.75) is 13.3 Å². The molecule has 0 saturated carbocycles. The van der Waals surface area contributed by atoms with E-state index >= 15 is 0 Å². The Labute approximate surface area is 113 Å². The molecule has 0 atom stereocenters. The summed E-state index contributed by atoms with van der Waals surface area (Å²) in [5.74, 6) is 2.63. The van der Waals surface area contributed by atoms with Crippen LogP contribution in [-0.2, 0) is 6.42 Å². The number of alkyl halides is 1. The molecule has 0 N–H and O–H groups in total. The highest BCUT2D eigenvalue weighted by Gasteiger charge is 2.15. The summed E-state index contributed by atoms with van der Waals surface area (Å²) in [5.41, 5.74) is 0.941. The fraction of sp³-hybridized carbons (Fsp3) is 0.429. The van der Waals surface area contributed by atoms with E-state index in [-0.39, 0.29) is 0 Å². The van der Waals surface area contributed by atoms with Gasteiger partial charge in [0.15, 0.2) is 11.5 Å². The lowest BCUT2D eigenvalue weighted by Crippen LogP contribution is -2.05. The van der Waals surface area contributed by atoms with Gasteiger partial charge in [0.05, 0.1) is 19.6 Å². The molecule has 18 heavy (non-hydrogen) atoms. The van der Waals surface area contributed by atoms with Gasteiger partial charge < -0.3 is 14.2 Å². The molecule has 0 bridgehead atoms. The molecule has 0 aliphatic heterocycles. The van der Waals surface area contributed by atoms with E-state index in [1.54, 1.807) is 7.11 Å². The van der Waals surface area contributed by atoms with Crippen molar-refractivity contribution in [1.29, 1.82) is 0 Å². The van der Waals surface area contributed by atoms with Crippen LogP contribution in [0.1, 0.15) is 12.5 Å². The molecule has 1 aromatic carbocycles. The maximum absolute atomic E-state index is 5.65. The van der Waals surface area contributed by atoms with Crippen LogP contribution in [0, 0.1) is 0 Å². The molecule has 100 valence electrons. The van der Waals surface area contributed by atoms with E-state index < -0.39 is 0 Å². The minimum atomic E-state index is 0.448. The van der Waals surface area contributed by atoms with Gasteiger partial charge in [-0.1, -0.05) is 6.08 Å². The molecule has 3 nitrogen and oxygen atoms in total. The fourth-order valence-electron chi connectivity index (χ4n) is 1.67. The maximum atomic E-state index is 5.65. The molecule has 1 aromatic rings. The van der Waals surface area contributed by atoms with E-state index in [1.807, 2.05) is 25.1 Å². The first kappa shape index (κ1) is 14.7. The van der Waals surface area contributed by atoms with Crippen molar-refractivity contribution in [2.24, 2.45) is 0 Å². The van der Waals surface area contributed by atoms with E-state index in [1.165, 1.54) is 0 Å². The molecular formula is C14H19ClO3. The third-order valence-corrected chi connectivity index (χ3v) is 2.53. The van der Waals surface area contributed by atoms with Gasteiger partial charge in [-0.25, -0.2) is 0 Å². The van der Waals surface area contributed by atoms with E-state index in [2.05, 4.69) is 6.58 Å². The second kappa shape index (κ2) is 7.88. The monoisotopic (exact) mass is 270 g/mol. The molecule has 4 heteroatoms. The van der Waals surface area contributed by atoms with Crippen LogP contribution in [-0.4, -0.2) is 26.2 Å². The predicted molar refractivity (Wildman–Crippen MR) is 74.3 cm³/mol. The molecule has 0 radical (unpaired) electrons. The van der Waals surface area contributed by atoms with Crippen molar-refractivity contribution in [3.63, 3.8) is 0 Å². The smallest absolute Gasteiger partial charge is 0.168 e. The summed E-state index contributed by atoms with van der Waals surface area (Å²) in [6, 6.07) is 3.70. The standard InChI is InChI=1S/C14H19ClO3/c1-4-6-11-12(18-10-9-15)7-8-13(16-3)14(11)17-5-2/h4,7-8H,1,5-6,9-10H2,2-3H3. The van der Waals surface area contributed by atoms with E-state index in [0.29, 0.717) is 37.0 Å². The topological polar surface area (TPSA) is 27.7 Å². The highest BCUT2D eigenvalue weighted by atomic mass is 35.5. The van der Waals surface area contributed by atoms with Crippen molar-refractivity contribution in [3.05, 3.63) is 30.4 Å². The Bertz CT molecular complexity index is 391. The van der Waals surface area contributed by atoms with Crippen LogP contribution in [0.15, 0.2) is 24.8 Å². The zero-order valence-corrected chi connectivity index (χ0v) is 11.6. The second-order valence-electron chi connectivity index (χ2n) is 3.54. The summed E-state index contributed by atoms with van der Waals surface area (Å²) in [7, 11) is 1.62. The lowest BCUT2D eigenvalue weighted by Gasteiger charge is -2.17. The Morgan fingerprint density at radius 1 is 1.28 bits per heavy atom. The molecule has 0 amide bonds. The highest BCUT2D eigenvalue weighted by molar-refractivity contribution is 6.18. The lowest BCUT2D eigenvalue weighted by atomic mass is 10.1. The number of rotatable bonds is 8. The van der Waals surface area contributed by atoms with Crippen LogP contribution in [0.2, 0.25) is 0 Å². The van der Waals surface area contributed by atoms with Crippen LogP contribution >= 0.6 is 11.6 Å². The molecule has 0 unspecified atom stereocenters. The van der Waals surface area contributed by atoms with Gasteiger partial charge >= 0.3 is 0 Å². The van der Waals surface area contributed by atoms with Gasteiger partial charge in [-0.2, -0.15) is 0 Å². The zero-order valence-electron chi connectivity index (χ0n) is 10.9. The molecule has 0 aliphatic rings. The molecule has 0 aromatic heterocycles. The molecule has 0 heterocycles. The molecule has 1 rings (SSSR count). The van der Waals surface area contributed by atoms with Crippen LogP contribution in [0.25, 0.3) is 0 Å². The van der Waals surface area contributed by atoms with Gasteiger partial charge in [-0.05, 0) is 25.5 Å². The minimum absolute atomic E-state index is 0.448. The first-order chi connectivity index (χ1) is 8.78. The molecular weight excluding hydrogens is 252 g/mol. The number of allylic oxidation sites excluding steroid dienone is 1. The Morgan fingerprint density at radius 3 is 2.56 bits per heavy atom. The Hall–Kier alpha value is -1.35.